The van der Waals surface area contributed by atoms with Gasteiger partial charge in [0.25, 0.3) is 0 Å². The molecule has 0 spiro atoms. The van der Waals surface area contributed by atoms with Gasteiger partial charge in [-0.15, -0.1) is 0 Å². The Morgan fingerprint density at radius 2 is 1.92 bits per heavy atom. The van der Waals surface area contributed by atoms with E-state index < -0.39 is 11.7 Å². The highest BCUT2D eigenvalue weighted by Crippen LogP contribution is 2.32. The van der Waals surface area contributed by atoms with Crippen LogP contribution in [-0.2, 0) is 6.18 Å². The lowest BCUT2D eigenvalue weighted by Crippen LogP contribution is -2.11. The van der Waals surface area contributed by atoms with Gasteiger partial charge in [0.2, 0.25) is 5.95 Å². The molecule has 1 heterocycles. The zero-order valence-corrected chi connectivity index (χ0v) is 14.7. The summed E-state index contributed by atoms with van der Waals surface area (Å²) in [7, 11) is 0. The average Bonchev–Trinajstić information content (AvgIpc) is 2.51. The lowest BCUT2D eigenvalue weighted by Gasteiger charge is -2.15. The van der Waals surface area contributed by atoms with Gasteiger partial charge in [0.15, 0.2) is 0 Å². The van der Waals surface area contributed by atoms with Crippen LogP contribution in [0.2, 0.25) is 0 Å². The second-order valence-electron chi connectivity index (χ2n) is 5.50. The van der Waals surface area contributed by atoms with Gasteiger partial charge in [-0.2, -0.15) is 13.2 Å². The summed E-state index contributed by atoms with van der Waals surface area (Å²) in [5.41, 5.74) is 0.794. The second kappa shape index (κ2) is 7.73. The minimum absolute atomic E-state index is 0.0438. The molecule has 0 bridgehead atoms. The van der Waals surface area contributed by atoms with Crippen LogP contribution in [0, 0.1) is 12.3 Å². The van der Waals surface area contributed by atoms with E-state index in [0.717, 1.165) is 11.9 Å². The van der Waals surface area contributed by atoms with Crippen LogP contribution in [0.3, 0.4) is 0 Å². The number of halogens is 3. The Morgan fingerprint density at radius 1 is 1.24 bits per heavy atom. The number of hydrogen-bond donors (Lipinski definition) is 3. The van der Waals surface area contributed by atoms with Crippen LogP contribution in [0.25, 0.3) is 0 Å². The predicted octanol–water partition coefficient (Wildman–Crippen LogP) is 5.01. The SMILES string of the molecule is Cc1nc(Nc2cccc(NSC(C)C)c2C=N)ncc1C(F)(F)F. The van der Waals surface area contributed by atoms with E-state index in [1.165, 1.54) is 25.1 Å². The minimum Gasteiger partial charge on any atom is -0.329 e. The summed E-state index contributed by atoms with van der Waals surface area (Å²) in [5.74, 6) is 0.0438. The quantitative estimate of drug-likeness (QED) is 0.493. The van der Waals surface area contributed by atoms with E-state index >= 15 is 0 Å². The van der Waals surface area contributed by atoms with E-state index in [2.05, 4.69) is 20.0 Å². The van der Waals surface area contributed by atoms with Crippen molar-refractivity contribution in [1.29, 1.82) is 5.41 Å². The molecule has 2 aromatic rings. The fourth-order valence-electron chi connectivity index (χ4n) is 2.03. The minimum atomic E-state index is -4.49. The van der Waals surface area contributed by atoms with Crippen LogP contribution in [0.15, 0.2) is 24.4 Å². The van der Waals surface area contributed by atoms with Gasteiger partial charge in [-0.3, -0.25) is 0 Å². The van der Waals surface area contributed by atoms with Crippen LogP contribution >= 0.6 is 11.9 Å². The van der Waals surface area contributed by atoms with Crippen molar-refractivity contribution < 1.29 is 13.2 Å². The van der Waals surface area contributed by atoms with Crippen molar-refractivity contribution in [2.75, 3.05) is 10.0 Å². The molecule has 134 valence electrons. The number of anilines is 3. The maximum Gasteiger partial charge on any atom is 0.419 e. The van der Waals surface area contributed by atoms with Crippen molar-refractivity contribution >= 4 is 35.5 Å². The predicted molar refractivity (Wildman–Crippen MR) is 95.7 cm³/mol. The Hall–Kier alpha value is -2.29. The molecule has 1 aromatic carbocycles. The molecule has 5 nitrogen and oxygen atoms in total. The third-order valence-corrected chi connectivity index (χ3v) is 4.00. The van der Waals surface area contributed by atoms with Gasteiger partial charge < -0.3 is 15.4 Å². The van der Waals surface area contributed by atoms with Gasteiger partial charge in [-0.05, 0) is 31.0 Å². The molecule has 1 aromatic heterocycles. The average molecular weight is 369 g/mol. The van der Waals surface area contributed by atoms with Crippen molar-refractivity contribution in [3.05, 3.63) is 41.2 Å². The summed E-state index contributed by atoms with van der Waals surface area (Å²) in [6.45, 7) is 5.34. The van der Waals surface area contributed by atoms with Crippen LogP contribution in [0.5, 0.6) is 0 Å². The number of rotatable bonds is 6. The van der Waals surface area contributed by atoms with Crippen LogP contribution < -0.4 is 10.0 Å². The van der Waals surface area contributed by atoms with Gasteiger partial charge in [0, 0.05) is 23.2 Å². The van der Waals surface area contributed by atoms with E-state index in [4.69, 9.17) is 5.41 Å². The Morgan fingerprint density at radius 3 is 2.48 bits per heavy atom. The summed E-state index contributed by atoms with van der Waals surface area (Å²) in [5, 5.41) is 10.9. The first-order chi connectivity index (χ1) is 11.7. The number of nitrogens with one attached hydrogen (secondary N) is 3. The van der Waals surface area contributed by atoms with E-state index in [9.17, 15) is 13.2 Å². The molecule has 0 aliphatic carbocycles. The molecule has 0 amide bonds. The molecule has 0 saturated carbocycles. The highest BCUT2D eigenvalue weighted by molar-refractivity contribution is 8.01. The lowest BCUT2D eigenvalue weighted by molar-refractivity contribution is -0.138. The molecule has 0 fully saturated rings. The second-order valence-corrected chi connectivity index (χ2v) is 6.88. The molecule has 0 saturated heterocycles. The smallest absolute Gasteiger partial charge is 0.329 e. The molecule has 2 rings (SSSR count). The normalized spacial score (nSPS) is 11.5. The largest absolute Gasteiger partial charge is 0.419 e. The number of nitrogens with zero attached hydrogens (tertiary/aromatic N) is 2. The summed E-state index contributed by atoms with van der Waals surface area (Å²) >= 11 is 1.50. The maximum atomic E-state index is 12.8. The standard InChI is InChI=1S/C16H18F3N5S/c1-9(2)25-24-14-6-4-5-13(11(14)7-20)23-15-21-8-12(10(3)22-15)16(17,18)19/h4-9,20,24H,1-3H3,(H,21,22,23). The first kappa shape index (κ1) is 19.0. The van der Waals surface area contributed by atoms with E-state index in [-0.39, 0.29) is 11.6 Å². The number of aryl methyl sites for hydroxylation is 1. The molecule has 0 aliphatic heterocycles. The molecule has 0 atom stereocenters. The molecule has 0 unspecified atom stereocenters. The lowest BCUT2D eigenvalue weighted by atomic mass is 10.1. The molecule has 0 radical (unpaired) electrons. The van der Waals surface area contributed by atoms with Crippen LogP contribution in [0.4, 0.5) is 30.5 Å². The highest BCUT2D eigenvalue weighted by atomic mass is 32.2. The Bertz CT molecular complexity index is 762. The zero-order chi connectivity index (χ0) is 18.6. The summed E-state index contributed by atoms with van der Waals surface area (Å²) in [4.78, 5) is 7.61. The Kier molecular flexibility index (Phi) is 5.89. The Labute approximate surface area is 148 Å². The highest BCUT2D eigenvalue weighted by Gasteiger charge is 2.33. The van der Waals surface area contributed by atoms with Gasteiger partial charge >= 0.3 is 6.18 Å². The molecular weight excluding hydrogens is 351 g/mol. The van der Waals surface area contributed by atoms with E-state index in [1.807, 2.05) is 19.9 Å². The van der Waals surface area contributed by atoms with Gasteiger partial charge in [0.05, 0.1) is 22.6 Å². The fraction of sp³-hybridized carbons (Fsp3) is 0.312. The molecule has 0 aliphatic rings. The summed E-state index contributed by atoms with van der Waals surface area (Å²) < 4.78 is 41.5. The molecule has 25 heavy (non-hydrogen) atoms. The third-order valence-electron chi connectivity index (χ3n) is 3.19. The van der Waals surface area contributed by atoms with Crippen LogP contribution in [-0.4, -0.2) is 21.4 Å². The number of benzene rings is 1. The summed E-state index contributed by atoms with van der Waals surface area (Å²) in [6, 6.07) is 5.30. The van der Waals surface area contributed by atoms with Crippen molar-refractivity contribution in [2.45, 2.75) is 32.2 Å². The maximum absolute atomic E-state index is 12.8. The number of hydrogen-bond acceptors (Lipinski definition) is 6. The first-order valence-corrected chi connectivity index (χ1v) is 8.33. The first-order valence-electron chi connectivity index (χ1n) is 7.45. The topological polar surface area (TPSA) is 73.7 Å². The van der Waals surface area contributed by atoms with Crippen molar-refractivity contribution in [2.24, 2.45) is 0 Å². The van der Waals surface area contributed by atoms with Crippen molar-refractivity contribution in [1.82, 2.24) is 9.97 Å². The molecule has 9 heteroatoms. The van der Waals surface area contributed by atoms with Gasteiger partial charge in [-0.25, -0.2) is 9.97 Å². The Balaban J connectivity index is 2.30. The van der Waals surface area contributed by atoms with Gasteiger partial charge in [-0.1, -0.05) is 19.9 Å². The fourth-order valence-corrected chi connectivity index (χ4v) is 2.57. The van der Waals surface area contributed by atoms with Crippen LogP contribution in [0.1, 0.15) is 30.7 Å². The molecule has 3 N–H and O–H groups in total. The zero-order valence-electron chi connectivity index (χ0n) is 13.9. The van der Waals surface area contributed by atoms with Gasteiger partial charge in [0.1, 0.15) is 0 Å². The number of aromatic nitrogens is 2. The summed E-state index contributed by atoms with van der Waals surface area (Å²) in [6.07, 6.45) is -2.56. The monoisotopic (exact) mass is 369 g/mol. The van der Waals surface area contributed by atoms with E-state index in [0.29, 0.717) is 16.5 Å². The van der Waals surface area contributed by atoms with Crippen molar-refractivity contribution in [3.63, 3.8) is 0 Å². The molecular formula is C16H18F3N5S. The van der Waals surface area contributed by atoms with Crippen molar-refractivity contribution in [3.8, 4) is 0 Å². The number of alkyl halides is 3. The third kappa shape index (κ3) is 4.85. The van der Waals surface area contributed by atoms with E-state index in [1.54, 1.807) is 12.1 Å².